The molecular formula is C21H13N7O. The Morgan fingerprint density at radius 2 is 1.83 bits per heavy atom. The first kappa shape index (κ1) is 15.7. The first-order valence-corrected chi connectivity index (χ1v) is 8.97. The Morgan fingerprint density at radius 1 is 0.897 bits per heavy atom. The molecule has 0 radical (unpaired) electrons. The lowest BCUT2D eigenvalue weighted by molar-refractivity contribution is 0.568. The molecule has 0 aliphatic heterocycles. The molecule has 2 N–H and O–H groups in total. The Hall–Kier alpha value is -4.33. The van der Waals surface area contributed by atoms with Crippen LogP contribution < -0.4 is 0 Å². The second-order valence-corrected chi connectivity index (χ2v) is 6.63. The molecule has 6 rings (SSSR count). The summed E-state index contributed by atoms with van der Waals surface area (Å²) in [5.41, 5.74) is 7.01. The highest BCUT2D eigenvalue weighted by atomic mass is 16.3. The average Bonchev–Trinajstić information content (AvgIpc) is 3.52. The second-order valence-electron chi connectivity index (χ2n) is 6.63. The molecule has 6 heterocycles. The fourth-order valence-electron chi connectivity index (χ4n) is 3.54. The molecule has 0 saturated carbocycles. The Morgan fingerprint density at radius 3 is 2.69 bits per heavy atom. The van der Waals surface area contributed by atoms with Crippen molar-refractivity contribution < 1.29 is 4.42 Å². The van der Waals surface area contributed by atoms with Crippen LogP contribution >= 0.6 is 0 Å². The van der Waals surface area contributed by atoms with E-state index in [0.717, 1.165) is 55.7 Å². The number of H-pyrrole nitrogens is 2. The lowest BCUT2D eigenvalue weighted by Crippen LogP contribution is -1.86. The Balaban J connectivity index is 1.53. The smallest absolute Gasteiger partial charge is 0.138 e. The number of aromatic amines is 2. The van der Waals surface area contributed by atoms with Crippen LogP contribution in [0.3, 0.4) is 0 Å². The van der Waals surface area contributed by atoms with E-state index < -0.39 is 0 Å². The second kappa shape index (κ2) is 6.10. The van der Waals surface area contributed by atoms with Crippen LogP contribution in [-0.4, -0.2) is 35.1 Å². The van der Waals surface area contributed by atoms with E-state index in [9.17, 15) is 0 Å². The van der Waals surface area contributed by atoms with Gasteiger partial charge in [0, 0.05) is 40.5 Å². The first-order chi connectivity index (χ1) is 14.4. The molecule has 8 nitrogen and oxygen atoms in total. The van der Waals surface area contributed by atoms with Gasteiger partial charge in [-0.2, -0.15) is 5.10 Å². The fourth-order valence-corrected chi connectivity index (χ4v) is 3.54. The van der Waals surface area contributed by atoms with Crippen LogP contribution in [0.4, 0.5) is 0 Å². The number of nitrogens with zero attached hydrogens (tertiary/aromatic N) is 5. The van der Waals surface area contributed by atoms with Crippen LogP contribution in [0.25, 0.3) is 55.7 Å². The normalized spacial score (nSPS) is 11.4. The van der Waals surface area contributed by atoms with Crippen LogP contribution in [0.15, 0.2) is 72.3 Å². The first-order valence-electron chi connectivity index (χ1n) is 8.97. The maximum Gasteiger partial charge on any atom is 0.138 e. The van der Waals surface area contributed by atoms with Gasteiger partial charge in [0.05, 0.1) is 35.6 Å². The summed E-state index contributed by atoms with van der Waals surface area (Å²) in [6.07, 6.45) is 11.9. The van der Waals surface area contributed by atoms with E-state index in [2.05, 4.69) is 41.2 Å². The highest BCUT2D eigenvalue weighted by molar-refractivity contribution is 6.00. The van der Waals surface area contributed by atoms with Gasteiger partial charge in [-0.3, -0.25) is 10.1 Å². The summed E-state index contributed by atoms with van der Waals surface area (Å²) in [6.45, 7) is 0. The summed E-state index contributed by atoms with van der Waals surface area (Å²) < 4.78 is 5.24. The lowest BCUT2D eigenvalue weighted by atomic mass is 10.1. The number of rotatable bonds is 3. The standard InChI is InChI=1S/C21H13N7O/c1-3-24-21-15(14(1)12-2-4-29-10-12)5-18(26-21)20-16-6-17(13-7-22-11-23-8-13)25-9-19(16)27-28-20/h1-11H,(H,24,26)(H,27,28). The predicted octanol–water partition coefficient (Wildman–Crippen LogP) is 4.22. The third-order valence-electron chi connectivity index (χ3n) is 4.92. The van der Waals surface area contributed by atoms with E-state index >= 15 is 0 Å². The molecular weight excluding hydrogens is 366 g/mol. The third kappa shape index (κ3) is 2.50. The van der Waals surface area contributed by atoms with Crippen LogP contribution in [0.1, 0.15) is 0 Å². The van der Waals surface area contributed by atoms with Crippen LogP contribution in [0.2, 0.25) is 0 Å². The van der Waals surface area contributed by atoms with Crippen molar-refractivity contribution in [3.8, 4) is 33.8 Å². The SMILES string of the molecule is c1ncc(-c2cc3c(-c4cc5c(-c6ccoc6)ccnc5[nH]4)n[nH]c3cn2)cn1. The summed E-state index contributed by atoms with van der Waals surface area (Å²) in [6, 6.07) is 7.96. The number of aromatic nitrogens is 7. The highest BCUT2D eigenvalue weighted by Gasteiger charge is 2.15. The van der Waals surface area contributed by atoms with Crippen LogP contribution in [0.5, 0.6) is 0 Å². The molecule has 0 aromatic carbocycles. The van der Waals surface area contributed by atoms with Crippen molar-refractivity contribution in [1.29, 1.82) is 0 Å². The van der Waals surface area contributed by atoms with E-state index in [0.29, 0.717) is 0 Å². The van der Waals surface area contributed by atoms with Gasteiger partial charge in [-0.05, 0) is 29.8 Å². The fraction of sp³-hybridized carbons (Fsp3) is 0. The van der Waals surface area contributed by atoms with Gasteiger partial charge in [-0.15, -0.1) is 0 Å². The number of hydrogen-bond acceptors (Lipinski definition) is 6. The van der Waals surface area contributed by atoms with E-state index in [1.54, 1.807) is 37.3 Å². The van der Waals surface area contributed by atoms with Crippen molar-refractivity contribution in [3.05, 3.63) is 67.9 Å². The molecule has 6 aromatic heterocycles. The van der Waals surface area contributed by atoms with Crippen molar-refractivity contribution in [2.24, 2.45) is 0 Å². The summed E-state index contributed by atoms with van der Waals surface area (Å²) in [5.74, 6) is 0. The maximum absolute atomic E-state index is 5.24. The summed E-state index contributed by atoms with van der Waals surface area (Å²) in [7, 11) is 0. The van der Waals surface area contributed by atoms with E-state index in [-0.39, 0.29) is 0 Å². The van der Waals surface area contributed by atoms with Gasteiger partial charge in [-0.1, -0.05) is 0 Å². The quantitative estimate of drug-likeness (QED) is 0.476. The Kier molecular flexibility index (Phi) is 3.30. The van der Waals surface area contributed by atoms with Crippen molar-refractivity contribution in [2.45, 2.75) is 0 Å². The molecule has 0 saturated heterocycles. The van der Waals surface area contributed by atoms with Gasteiger partial charge in [0.2, 0.25) is 0 Å². The summed E-state index contributed by atoms with van der Waals surface area (Å²) in [4.78, 5) is 20.5. The number of pyridine rings is 2. The summed E-state index contributed by atoms with van der Waals surface area (Å²) in [5, 5.41) is 9.53. The monoisotopic (exact) mass is 379 g/mol. The van der Waals surface area contributed by atoms with E-state index in [1.807, 2.05) is 18.2 Å². The van der Waals surface area contributed by atoms with Gasteiger partial charge in [0.25, 0.3) is 0 Å². The van der Waals surface area contributed by atoms with Gasteiger partial charge in [-0.25, -0.2) is 15.0 Å². The molecule has 8 heteroatoms. The van der Waals surface area contributed by atoms with Crippen LogP contribution in [-0.2, 0) is 0 Å². The number of fused-ring (bicyclic) bond motifs is 2. The zero-order valence-electron chi connectivity index (χ0n) is 15.0. The van der Waals surface area contributed by atoms with Crippen molar-refractivity contribution in [3.63, 3.8) is 0 Å². The van der Waals surface area contributed by atoms with Crippen molar-refractivity contribution in [1.82, 2.24) is 35.1 Å². The highest BCUT2D eigenvalue weighted by Crippen LogP contribution is 2.33. The van der Waals surface area contributed by atoms with Gasteiger partial charge in [0.1, 0.15) is 17.7 Å². The van der Waals surface area contributed by atoms with Crippen molar-refractivity contribution >= 4 is 21.9 Å². The molecule has 0 fully saturated rings. The molecule has 0 aliphatic carbocycles. The lowest BCUT2D eigenvalue weighted by Gasteiger charge is -2.00. The topological polar surface area (TPSA) is 109 Å². The molecule has 6 aromatic rings. The molecule has 138 valence electrons. The van der Waals surface area contributed by atoms with Gasteiger partial charge >= 0.3 is 0 Å². The minimum atomic E-state index is 0.786. The number of furan rings is 1. The average molecular weight is 379 g/mol. The zero-order chi connectivity index (χ0) is 19.2. The van der Waals surface area contributed by atoms with Gasteiger partial charge < -0.3 is 9.40 Å². The number of hydrogen-bond donors (Lipinski definition) is 2. The Bertz CT molecular complexity index is 1450. The molecule has 0 bridgehead atoms. The van der Waals surface area contributed by atoms with Crippen molar-refractivity contribution in [2.75, 3.05) is 0 Å². The zero-order valence-corrected chi connectivity index (χ0v) is 15.0. The Labute approximate surface area is 163 Å². The van der Waals surface area contributed by atoms with E-state index in [4.69, 9.17) is 4.42 Å². The predicted molar refractivity (Wildman–Crippen MR) is 108 cm³/mol. The minimum absolute atomic E-state index is 0.786. The third-order valence-corrected chi connectivity index (χ3v) is 4.92. The van der Waals surface area contributed by atoms with Crippen LogP contribution in [0, 0.1) is 0 Å². The molecule has 0 unspecified atom stereocenters. The van der Waals surface area contributed by atoms with Gasteiger partial charge in [0.15, 0.2) is 0 Å². The molecule has 0 amide bonds. The molecule has 0 spiro atoms. The molecule has 0 atom stereocenters. The van der Waals surface area contributed by atoms with E-state index in [1.165, 1.54) is 6.33 Å². The summed E-state index contributed by atoms with van der Waals surface area (Å²) >= 11 is 0. The minimum Gasteiger partial charge on any atom is -0.472 e. The molecule has 0 aliphatic rings. The largest absolute Gasteiger partial charge is 0.472 e. The maximum atomic E-state index is 5.24. The number of nitrogens with one attached hydrogen (secondary N) is 2. The molecule has 29 heavy (non-hydrogen) atoms.